The molecule has 0 spiro atoms. The molecule has 31 heavy (non-hydrogen) atoms. The van der Waals surface area contributed by atoms with Crippen molar-refractivity contribution in [3.8, 4) is 11.3 Å². The lowest BCUT2D eigenvalue weighted by Gasteiger charge is -2.21. The largest absolute Gasteiger partial charge is 0.456 e. The molecule has 5 aromatic rings. The summed E-state index contributed by atoms with van der Waals surface area (Å²) in [6.45, 7) is 2.18. The fraction of sp³-hybridized carbons (Fsp3) is 0.276. The van der Waals surface area contributed by atoms with Gasteiger partial charge in [-0.2, -0.15) is 0 Å². The predicted molar refractivity (Wildman–Crippen MR) is 128 cm³/mol. The highest BCUT2D eigenvalue weighted by Gasteiger charge is 2.21. The van der Waals surface area contributed by atoms with Crippen molar-refractivity contribution in [2.45, 2.75) is 44.9 Å². The number of nitrogens with zero attached hydrogens (tertiary/aromatic N) is 1. The van der Waals surface area contributed by atoms with Crippen LogP contribution in [0.4, 0.5) is 0 Å². The molecule has 1 fully saturated rings. The Bertz CT molecular complexity index is 1490. The standard InChI is InChI=1S/C29H28NO/c1-19-14-25-26-15-21-10-6-7-11-22(21)17-28(26)31-29(25)18-24(19)27-16-23(12-13-30(27)2)20-8-4-3-5-9-20/h6-7,10-18,20H,3-5,8-9H2,1-2H3/q+1/i20D. The maximum Gasteiger partial charge on any atom is 0.212 e. The summed E-state index contributed by atoms with van der Waals surface area (Å²) >= 11 is 0. The summed E-state index contributed by atoms with van der Waals surface area (Å²) in [6.07, 6.45) is 7.58. The Morgan fingerprint density at radius 3 is 2.39 bits per heavy atom. The van der Waals surface area contributed by atoms with Gasteiger partial charge in [-0.3, -0.25) is 0 Å². The van der Waals surface area contributed by atoms with E-state index in [9.17, 15) is 0 Å². The van der Waals surface area contributed by atoms with E-state index in [4.69, 9.17) is 5.79 Å². The van der Waals surface area contributed by atoms with Gasteiger partial charge in [0.15, 0.2) is 6.20 Å². The van der Waals surface area contributed by atoms with E-state index in [-0.39, 0.29) is 0 Å². The lowest BCUT2D eigenvalue weighted by atomic mass is 9.84. The van der Waals surface area contributed by atoms with Crippen molar-refractivity contribution in [3.05, 3.63) is 78.0 Å². The number of furan rings is 1. The van der Waals surface area contributed by atoms with E-state index in [1.807, 2.05) is 0 Å². The molecule has 1 aliphatic carbocycles. The van der Waals surface area contributed by atoms with Crippen LogP contribution in [-0.2, 0) is 7.05 Å². The minimum atomic E-state index is -0.460. The average molecular weight is 408 g/mol. The molecule has 1 saturated carbocycles. The summed E-state index contributed by atoms with van der Waals surface area (Å²) in [7, 11) is 2.09. The molecule has 1 aliphatic rings. The number of aryl methyl sites for hydroxylation is 2. The minimum Gasteiger partial charge on any atom is -0.456 e. The van der Waals surface area contributed by atoms with Crippen LogP contribution in [-0.4, -0.2) is 0 Å². The lowest BCUT2D eigenvalue weighted by molar-refractivity contribution is -0.660. The first-order valence-electron chi connectivity index (χ1n) is 11.9. The molecule has 0 N–H and O–H groups in total. The van der Waals surface area contributed by atoms with Gasteiger partial charge < -0.3 is 4.42 Å². The maximum atomic E-state index is 9.09. The third-order valence-electron chi connectivity index (χ3n) is 6.98. The highest BCUT2D eigenvalue weighted by atomic mass is 16.3. The summed E-state index contributed by atoms with van der Waals surface area (Å²) in [4.78, 5) is 0. The van der Waals surface area contributed by atoms with Gasteiger partial charge in [0.2, 0.25) is 5.69 Å². The van der Waals surface area contributed by atoms with Gasteiger partial charge in [-0.25, -0.2) is 4.57 Å². The van der Waals surface area contributed by atoms with Crippen molar-refractivity contribution < 1.29 is 10.4 Å². The summed E-state index contributed by atoms with van der Waals surface area (Å²) in [5.74, 6) is -0.460. The van der Waals surface area contributed by atoms with E-state index in [1.165, 1.54) is 33.7 Å². The van der Waals surface area contributed by atoms with Crippen molar-refractivity contribution in [3.63, 3.8) is 0 Å². The number of hydrogen-bond donors (Lipinski definition) is 0. The zero-order valence-electron chi connectivity index (χ0n) is 19.2. The Labute approximate surface area is 184 Å². The van der Waals surface area contributed by atoms with Crippen LogP contribution >= 0.6 is 0 Å². The van der Waals surface area contributed by atoms with E-state index in [1.54, 1.807) is 0 Å². The Morgan fingerprint density at radius 2 is 1.58 bits per heavy atom. The van der Waals surface area contributed by atoms with Crippen LogP contribution in [0, 0.1) is 6.92 Å². The zero-order chi connectivity index (χ0) is 21.9. The number of pyridine rings is 1. The molecule has 0 atom stereocenters. The summed E-state index contributed by atoms with van der Waals surface area (Å²) in [5, 5.41) is 4.76. The van der Waals surface area contributed by atoms with Crippen molar-refractivity contribution in [1.82, 2.24) is 0 Å². The molecule has 0 saturated heterocycles. The molecule has 6 rings (SSSR count). The van der Waals surface area contributed by atoms with Gasteiger partial charge in [0.05, 0.1) is 5.56 Å². The fourth-order valence-corrected chi connectivity index (χ4v) is 5.22. The minimum absolute atomic E-state index is 0.460. The van der Waals surface area contributed by atoms with Crippen LogP contribution in [0.3, 0.4) is 0 Å². The number of rotatable bonds is 2. The molecule has 0 bridgehead atoms. The molecule has 0 radical (unpaired) electrons. The maximum absolute atomic E-state index is 9.09. The van der Waals surface area contributed by atoms with E-state index < -0.39 is 5.89 Å². The predicted octanol–water partition coefficient (Wildman–Crippen LogP) is 7.59. The van der Waals surface area contributed by atoms with Gasteiger partial charge in [0.25, 0.3) is 0 Å². The second-order valence-electron chi connectivity index (χ2n) is 9.04. The summed E-state index contributed by atoms with van der Waals surface area (Å²) < 4.78 is 17.6. The summed E-state index contributed by atoms with van der Waals surface area (Å²) in [6, 6.07) is 21.6. The van der Waals surface area contributed by atoms with Gasteiger partial charge in [-0.1, -0.05) is 43.5 Å². The van der Waals surface area contributed by atoms with Crippen LogP contribution in [0.25, 0.3) is 44.0 Å². The van der Waals surface area contributed by atoms with Crippen molar-refractivity contribution in [2.24, 2.45) is 7.05 Å². The van der Waals surface area contributed by atoms with Gasteiger partial charge >= 0.3 is 0 Å². The number of fused-ring (bicyclic) bond motifs is 4. The SMILES string of the molecule is [2H]C1(c2cc[n+](C)c(-c3cc4oc5cc6ccccc6cc5c4cc3C)c2)CCCCC1. The molecule has 2 heteroatoms. The monoisotopic (exact) mass is 407 g/mol. The molecule has 2 heterocycles. The van der Waals surface area contributed by atoms with Crippen LogP contribution in [0.2, 0.25) is 0 Å². The number of aromatic nitrogens is 1. The van der Waals surface area contributed by atoms with E-state index >= 15 is 0 Å². The molecule has 154 valence electrons. The molecule has 0 unspecified atom stereocenters. The van der Waals surface area contributed by atoms with Crippen LogP contribution in [0.15, 0.2) is 71.3 Å². The lowest BCUT2D eigenvalue weighted by Crippen LogP contribution is -2.31. The molecular formula is C29H28NO+. The Balaban J connectivity index is 1.53. The quantitative estimate of drug-likeness (QED) is 0.276. The smallest absolute Gasteiger partial charge is 0.212 e. The molecular weight excluding hydrogens is 378 g/mol. The molecule has 2 aromatic heterocycles. The number of hydrogen-bond acceptors (Lipinski definition) is 1. The Kier molecular flexibility index (Phi) is 4.09. The molecule has 2 nitrogen and oxygen atoms in total. The zero-order valence-corrected chi connectivity index (χ0v) is 18.2. The number of benzene rings is 3. The highest BCUT2D eigenvalue weighted by molar-refractivity contribution is 6.10. The van der Waals surface area contributed by atoms with E-state index in [2.05, 4.69) is 85.4 Å². The van der Waals surface area contributed by atoms with Crippen LogP contribution in [0.1, 0.15) is 50.5 Å². The second kappa shape index (κ2) is 7.23. The fourth-order valence-electron chi connectivity index (χ4n) is 5.22. The Hall–Kier alpha value is -3.13. The third kappa shape index (κ3) is 3.13. The third-order valence-corrected chi connectivity index (χ3v) is 6.98. The first-order valence-corrected chi connectivity index (χ1v) is 11.4. The highest BCUT2D eigenvalue weighted by Crippen LogP contribution is 2.37. The van der Waals surface area contributed by atoms with Crippen LogP contribution in [0.5, 0.6) is 0 Å². The van der Waals surface area contributed by atoms with Gasteiger partial charge in [-0.05, 0) is 71.8 Å². The second-order valence-corrected chi connectivity index (χ2v) is 9.04. The van der Waals surface area contributed by atoms with E-state index in [0.29, 0.717) is 0 Å². The normalized spacial score (nSPS) is 16.8. The van der Waals surface area contributed by atoms with Gasteiger partial charge in [0, 0.05) is 24.3 Å². The van der Waals surface area contributed by atoms with Gasteiger partial charge in [-0.15, -0.1) is 0 Å². The Morgan fingerprint density at radius 1 is 0.871 bits per heavy atom. The van der Waals surface area contributed by atoms with Crippen molar-refractivity contribution in [2.75, 3.05) is 0 Å². The summed E-state index contributed by atoms with van der Waals surface area (Å²) in [5.41, 5.74) is 6.53. The average Bonchev–Trinajstić information content (AvgIpc) is 3.14. The van der Waals surface area contributed by atoms with Crippen molar-refractivity contribution in [1.29, 1.82) is 0 Å². The van der Waals surface area contributed by atoms with Gasteiger partial charge in [0.1, 0.15) is 18.2 Å². The molecule has 3 aromatic carbocycles. The first kappa shape index (κ1) is 17.5. The molecule has 0 aliphatic heterocycles. The van der Waals surface area contributed by atoms with Crippen molar-refractivity contribution >= 4 is 32.7 Å². The molecule has 0 amide bonds. The van der Waals surface area contributed by atoms with E-state index in [0.717, 1.165) is 53.5 Å². The topological polar surface area (TPSA) is 17.0 Å². The first-order chi connectivity index (χ1) is 15.5. The van der Waals surface area contributed by atoms with Crippen LogP contribution < -0.4 is 4.57 Å².